The minimum atomic E-state index is -0.196. The van der Waals surface area contributed by atoms with Gasteiger partial charge in [0.2, 0.25) is 0 Å². The van der Waals surface area contributed by atoms with Crippen molar-refractivity contribution in [3.05, 3.63) is 47.5 Å². The summed E-state index contributed by atoms with van der Waals surface area (Å²) in [5.41, 5.74) is 2.29. The molecule has 0 fully saturated rings. The second-order valence-corrected chi connectivity index (χ2v) is 4.76. The average molecular weight is 284 g/mol. The van der Waals surface area contributed by atoms with Crippen LogP contribution in [0.2, 0.25) is 0 Å². The first-order valence-electron chi connectivity index (χ1n) is 6.47. The van der Waals surface area contributed by atoms with Crippen molar-refractivity contribution in [2.75, 3.05) is 7.11 Å². The summed E-state index contributed by atoms with van der Waals surface area (Å²) in [5, 5.41) is 9.91. The Kier molecular flexibility index (Phi) is 4.08. The number of aromatic hydroxyl groups is 1. The molecule has 21 heavy (non-hydrogen) atoms. The number of methoxy groups -OCH3 is 1. The molecule has 4 heteroatoms. The molecule has 0 aliphatic rings. The van der Waals surface area contributed by atoms with Gasteiger partial charge in [-0.1, -0.05) is 12.1 Å². The van der Waals surface area contributed by atoms with Crippen LogP contribution in [0, 0.1) is 0 Å². The number of phenolic OH excluding ortho intramolecular Hbond substituents is 1. The van der Waals surface area contributed by atoms with E-state index in [0.29, 0.717) is 16.9 Å². The Morgan fingerprint density at radius 3 is 2.24 bits per heavy atom. The molecule has 0 aliphatic heterocycles. The van der Waals surface area contributed by atoms with Crippen molar-refractivity contribution in [1.29, 1.82) is 0 Å². The third-order valence-electron chi connectivity index (χ3n) is 3.30. The van der Waals surface area contributed by atoms with Gasteiger partial charge < -0.3 is 9.84 Å². The number of hydrogen-bond donors (Lipinski definition) is 1. The van der Waals surface area contributed by atoms with Crippen LogP contribution < -0.4 is 4.74 Å². The quantitative estimate of drug-likeness (QED) is 0.873. The minimum Gasteiger partial charge on any atom is -0.507 e. The smallest absolute Gasteiger partial charge is 0.163 e. The summed E-state index contributed by atoms with van der Waals surface area (Å²) in [6, 6.07) is 9.95. The Morgan fingerprint density at radius 1 is 1.00 bits per heavy atom. The highest BCUT2D eigenvalue weighted by atomic mass is 16.5. The van der Waals surface area contributed by atoms with Crippen LogP contribution in [0.3, 0.4) is 0 Å². The molecular formula is C17H16O4. The molecule has 1 N–H and O–H groups in total. The molecular weight excluding hydrogens is 268 g/mol. The van der Waals surface area contributed by atoms with E-state index in [2.05, 4.69) is 0 Å². The highest BCUT2D eigenvalue weighted by Crippen LogP contribution is 2.34. The molecule has 108 valence electrons. The van der Waals surface area contributed by atoms with E-state index in [1.54, 1.807) is 30.3 Å². The Morgan fingerprint density at radius 2 is 1.71 bits per heavy atom. The molecule has 0 aromatic heterocycles. The van der Waals surface area contributed by atoms with E-state index < -0.39 is 0 Å². The third-order valence-corrected chi connectivity index (χ3v) is 3.30. The van der Waals surface area contributed by atoms with E-state index in [1.165, 1.54) is 27.0 Å². The molecule has 2 aromatic rings. The Labute approximate surface area is 123 Å². The van der Waals surface area contributed by atoms with Crippen molar-refractivity contribution in [3.8, 4) is 22.6 Å². The van der Waals surface area contributed by atoms with Gasteiger partial charge >= 0.3 is 0 Å². The van der Waals surface area contributed by atoms with Crippen LogP contribution in [0.4, 0.5) is 0 Å². The number of benzene rings is 2. The van der Waals surface area contributed by atoms with E-state index in [-0.39, 0.29) is 22.9 Å². The van der Waals surface area contributed by atoms with Gasteiger partial charge in [0.25, 0.3) is 0 Å². The van der Waals surface area contributed by atoms with Crippen LogP contribution in [-0.2, 0) is 0 Å². The molecule has 0 amide bonds. The third kappa shape index (κ3) is 2.94. The summed E-state index contributed by atoms with van der Waals surface area (Å²) in [4.78, 5) is 22.7. The van der Waals surface area contributed by atoms with Gasteiger partial charge in [0.15, 0.2) is 11.6 Å². The first kappa shape index (κ1) is 14.8. The number of ketones is 2. The molecule has 0 spiro atoms. The monoisotopic (exact) mass is 284 g/mol. The number of ether oxygens (including phenoxy) is 1. The van der Waals surface area contributed by atoms with Crippen LogP contribution >= 0.6 is 0 Å². The van der Waals surface area contributed by atoms with Crippen molar-refractivity contribution in [3.63, 3.8) is 0 Å². The fourth-order valence-corrected chi connectivity index (χ4v) is 2.15. The molecule has 0 heterocycles. The lowest BCUT2D eigenvalue weighted by molar-refractivity contribution is 0.100. The summed E-state index contributed by atoms with van der Waals surface area (Å²) in [5.74, 6) is 0.225. The molecule has 4 nitrogen and oxygen atoms in total. The van der Waals surface area contributed by atoms with Crippen LogP contribution in [0.5, 0.6) is 11.5 Å². The van der Waals surface area contributed by atoms with Gasteiger partial charge in [0, 0.05) is 11.1 Å². The fourth-order valence-electron chi connectivity index (χ4n) is 2.15. The maximum Gasteiger partial charge on any atom is 0.163 e. The molecule has 2 rings (SSSR count). The maximum atomic E-state index is 11.4. The van der Waals surface area contributed by atoms with E-state index >= 15 is 0 Å². The zero-order valence-electron chi connectivity index (χ0n) is 12.1. The first-order valence-corrected chi connectivity index (χ1v) is 6.47. The standard InChI is InChI=1S/C17H16O4/c1-10(18)12-4-7-15(17(9-12)21-3)13-5-6-14(11(2)19)16(20)8-13/h4-9,20H,1-3H3. The fraction of sp³-hybridized carbons (Fsp3) is 0.176. The first-order chi connectivity index (χ1) is 9.93. The van der Waals surface area contributed by atoms with Gasteiger partial charge in [-0.2, -0.15) is 0 Å². The molecule has 0 aliphatic carbocycles. The Bertz CT molecular complexity index is 717. The predicted octanol–water partition coefficient (Wildman–Crippen LogP) is 3.47. The zero-order valence-corrected chi connectivity index (χ0v) is 12.1. The highest BCUT2D eigenvalue weighted by molar-refractivity contribution is 5.98. The lowest BCUT2D eigenvalue weighted by atomic mass is 9.99. The summed E-state index contributed by atoms with van der Waals surface area (Å²) in [6.07, 6.45) is 0. The molecule has 0 atom stereocenters. The second kappa shape index (κ2) is 5.79. The summed E-state index contributed by atoms with van der Waals surface area (Å²) >= 11 is 0. The minimum absolute atomic E-state index is 0.0466. The van der Waals surface area contributed by atoms with Crippen LogP contribution in [-0.4, -0.2) is 23.8 Å². The van der Waals surface area contributed by atoms with Crippen molar-refractivity contribution < 1.29 is 19.4 Å². The number of hydrogen-bond acceptors (Lipinski definition) is 4. The van der Waals surface area contributed by atoms with Crippen LogP contribution in [0.1, 0.15) is 34.6 Å². The predicted molar refractivity (Wildman–Crippen MR) is 80.1 cm³/mol. The van der Waals surface area contributed by atoms with Gasteiger partial charge in [-0.3, -0.25) is 9.59 Å². The van der Waals surface area contributed by atoms with Crippen molar-refractivity contribution >= 4 is 11.6 Å². The molecule has 0 radical (unpaired) electrons. The van der Waals surface area contributed by atoms with Gasteiger partial charge in [-0.25, -0.2) is 0 Å². The van der Waals surface area contributed by atoms with E-state index in [9.17, 15) is 14.7 Å². The zero-order chi connectivity index (χ0) is 15.6. The Hall–Kier alpha value is -2.62. The average Bonchev–Trinajstić information content (AvgIpc) is 2.45. The summed E-state index contributed by atoms with van der Waals surface area (Å²) in [6.45, 7) is 2.89. The number of carbonyl (C=O) groups excluding carboxylic acids is 2. The molecule has 2 aromatic carbocycles. The van der Waals surface area contributed by atoms with Crippen LogP contribution in [0.25, 0.3) is 11.1 Å². The van der Waals surface area contributed by atoms with E-state index in [4.69, 9.17) is 4.74 Å². The van der Waals surface area contributed by atoms with Gasteiger partial charge in [0.05, 0.1) is 12.7 Å². The van der Waals surface area contributed by atoms with Gasteiger partial charge in [0.1, 0.15) is 11.5 Å². The van der Waals surface area contributed by atoms with Crippen molar-refractivity contribution in [2.24, 2.45) is 0 Å². The number of Topliss-reactive ketones (excluding diaryl/α,β-unsaturated/α-hetero) is 2. The Balaban J connectivity index is 2.54. The highest BCUT2D eigenvalue weighted by Gasteiger charge is 2.12. The summed E-state index contributed by atoms with van der Waals surface area (Å²) in [7, 11) is 1.52. The van der Waals surface area contributed by atoms with Gasteiger partial charge in [-0.15, -0.1) is 0 Å². The van der Waals surface area contributed by atoms with Crippen molar-refractivity contribution in [2.45, 2.75) is 13.8 Å². The summed E-state index contributed by atoms with van der Waals surface area (Å²) < 4.78 is 5.31. The maximum absolute atomic E-state index is 11.4. The number of phenols is 1. The lowest BCUT2D eigenvalue weighted by Crippen LogP contribution is -1.96. The van der Waals surface area contributed by atoms with Gasteiger partial charge in [-0.05, 0) is 43.7 Å². The second-order valence-electron chi connectivity index (χ2n) is 4.76. The largest absolute Gasteiger partial charge is 0.507 e. The van der Waals surface area contributed by atoms with Crippen LogP contribution in [0.15, 0.2) is 36.4 Å². The normalized spacial score (nSPS) is 10.2. The molecule has 0 saturated carbocycles. The SMILES string of the molecule is COc1cc(C(C)=O)ccc1-c1ccc(C(C)=O)c(O)c1. The molecule has 0 saturated heterocycles. The van der Waals surface area contributed by atoms with E-state index in [0.717, 1.165) is 5.56 Å². The topological polar surface area (TPSA) is 63.6 Å². The number of rotatable bonds is 4. The molecule has 0 bridgehead atoms. The molecule has 0 unspecified atom stereocenters. The lowest BCUT2D eigenvalue weighted by Gasteiger charge is -2.11. The van der Waals surface area contributed by atoms with Crippen molar-refractivity contribution in [1.82, 2.24) is 0 Å². The van der Waals surface area contributed by atoms with E-state index in [1.807, 2.05) is 0 Å². The number of carbonyl (C=O) groups is 2.